The second kappa shape index (κ2) is 8.81. The molecule has 5 nitrogen and oxygen atoms in total. The van der Waals surface area contributed by atoms with Crippen molar-refractivity contribution in [2.75, 3.05) is 33.8 Å². The highest BCUT2D eigenvalue weighted by Gasteiger charge is 2.22. The molecular formula is C20H29N3O2. The molecule has 1 aromatic rings. The van der Waals surface area contributed by atoms with E-state index in [1.807, 2.05) is 34.1 Å². The van der Waals surface area contributed by atoms with Crippen molar-refractivity contribution >= 4 is 11.9 Å². The molecule has 1 atom stereocenters. The second-order valence-corrected chi connectivity index (χ2v) is 6.65. The van der Waals surface area contributed by atoms with Crippen molar-refractivity contribution in [3.63, 3.8) is 0 Å². The van der Waals surface area contributed by atoms with E-state index in [0.717, 1.165) is 60.6 Å². The number of aryl methyl sites for hydroxylation is 2. The Morgan fingerprint density at radius 1 is 1.44 bits per heavy atom. The summed E-state index contributed by atoms with van der Waals surface area (Å²) in [5, 5.41) is 0. The molecule has 1 aromatic heterocycles. The van der Waals surface area contributed by atoms with E-state index >= 15 is 0 Å². The molecular weight excluding hydrogens is 314 g/mol. The molecule has 2 rings (SSSR count). The number of aldehydes is 1. The molecule has 136 valence electrons. The average molecular weight is 343 g/mol. The van der Waals surface area contributed by atoms with E-state index in [1.165, 1.54) is 0 Å². The van der Waals surface area contributed by atoms with Crippen molar-refractivity contribution in [2.24, 2.45) is 0 Å². The van der Waals surface area contributed by atoms with Crippen molar-refractivity contribution in [3.05, 3.63) is 47.1 Å². The molecule has 1 unspecified atom stereocenters. The van der Waals surface area contributed by atoms with Crippen molar-refractivity contribution in [1.82, 2.24) is 14.8 Å². The monoisotopic (exact) mass is 343 g/mol. The maximum atomic E-state index is 11.2. The van der Waals surface area contributed by atoms with Crippen molar-refractivity contribution in [2.45, 2.75) is 33.3 Å². The molecule has 0 N–H and O–H groups in total. The fourth-order valence-electron chi connectivity index (χ4n) is 3.04. The van der Waals surface area contributed by atoms with Gasteiger partial charge in [0.25, 0.3) is 0 Å². The van der Waals surface area contributed by atoms with Gasteiger partial charge in [0.1, 0.15) is 12.1 Å². The average Bonchev–Trinajstić information content (AvgIpc) is 2.60. The molecule has 0 saturated carbocycles. The van der Waals surface area contributed by atoms with Gasteiger partial charge in [0.15, 0.2) is 0 Å². The van der Waals surface area contributed by atoms with Crippen LogP contribution in [0.3, 0.4) is 0 Å². The van der Waals surface area contributed by atoms with Crippen LogP contribution in [0, 0.1) is 13.8 Å². The standard InChI is InChI=1S/C20H29N3O2/c1-6-18-14-23(8-10-25-18)20(22(4)5)12-17(7-9-24)19-11-15(2)13-21-16(19)3/h7,9,11-13,18H,6,8,10,14H2,1-5H3/b17-7+,20-12+. The van der Waals surface area contributed by atoms with Crippen molar-refractivity contribution < 1.29 is 9.53 Å². The number of aromatic nitrogens is 1. The summed E-state index contributed by atoms with van der Waals surface area (Å²) in [4.78, 5) is 20.1. The molecule has 0 radical (unpaired) electrons. The molecule has 25 heavy (non-hydrogen) atoms. The lowest BCUT2D eigenvalue weighted by molar-refractivity contribution is -0.104. The number of ether oxygens (including phenoxy) is 1. The Kier molecular flexibility index (Phi) is 6.76. The molecule has 0 spiro atoms. The minimum Gasteiger partial charge on any atom is -0.375 e. The van der Waals surface area contributed by atoms with Gasteiger partial charge >= 0.3 is 0 Å². The van der Waals surface area contributed by atoms with Gasteiger partial charge in [-0.1, -0.05) is 6.92 Å². The smallest absolute Gasteiger partial charge is 0.143 e. The first-order valence-corrected chi connectivity index (χ1v) is 8.80. The van der Waals surface area contributed by atoms with Crippen LogP contribution in [0.25, 0.3) is 5.57 Å². The Balaban J connectivity index is 2.42. The Morgan fingerprint density at radius 2 is 2.20 bits per heavy atom. The van der Waals surface area contributed by atoms with E-state index in [-0.39, 0.29) is 6.10 Å². The largest absolute Gasteiger partial charge is 0.375 e. The normalized spacial score (nSPS) is 19.1. The SMILES string of the molecule is CCC1CN(/C(=C/C(=C\C=O)c2cc(C)cnc2C)N(C)C)CCO1. The lowest BCUT2D eigenvalue weighted by atomic mass is 10.0. The van der Waals surface area contributed by atoms with Gasteiger partial charge in [-0.15, -0.1) is 0 Å². The Bertz CT molecular complexity index is 665. The maximum Gasteiger partial charge on any atom is 0.143 e. The van der Waals surface area contributed by atoms with E-state index in [9.17, 15) is 4.79 Å². The Morgan fingerprint density at radius 3 is 2.84 bits per heavy atom. The van der Waals surface area contributed by atoms with Crippen LogP contribution < -0.4 is 0 Å². The third-order valence-electron chi connectivity index (χ3n) is 4.44. The lowest BCUT2D eigenvalue weighted by Crippen LogP contribution is -2.44. The van der Waals surface area contributed by atoms with Gasteiger partial charge in [0, 0.05) is 44.6 Å². The zero-order valence-corrected chi connectivity index (χ0v) is 16.0. The van der Waals surface area contributed by atoms with E-state index in [0.29, 0.717) is 0 Å². The van der Waals surface area contributed by atoms with Crippen molar-refractivity contribution in [1.29, 1.82) is 0 Å². The molecule has 0 aromatic carbocycles. The zero-order chi connectivity index (χ0) is 18.4. The molecule has 1 aliphatic rings. The van der Waals surface area contributed by atoms with Gasteiger partial charge in [-0.3, -0.25) is 9.78 Å². The first-order chi connectivity index (χ1) is 12.0. The number of allylic oxidation sites excluding steroid dienone is 3. The summed E-state index contributed by atoms with van der Waals surface area (Å²) in [6.45, 7) is 8.56. The van der Waals surface area contributed by atoms with Gasteiger partial charge in [0.05, 0.1) is 12.7 Å². The number of carbonyl (C=O) groups excluding carboxylic acids is 1. The molecule has 0 amide bonds. The van der Waals surface area contributed by atoms with Gasteiger partial charge in [0.2, 0.25) is 0 Å². The summed E-state index contributed by atoms with van der Waals surface area (Å²) in [6.07, 6.45) is 7.63. The highest BCUT2D eigenvalue weighted by atomic mass is 16.5. The Labute approximate surface area is 151 Å². The number of pyridine rings is 1. The predicted molar refractivity (Wildman–Crippen MR) is 101 cm³/mol. The number of hydrogen-bond acceptors (Lipinski definition) is 5. The number of rotatable bonds is 6. The summed E-state index contributed by atoms with van der Waals surface area (Å²) in [6, 6.07) is 2.08. The molecule has 1 fully saturated rings. The van der Waals surface area contributed by atoms with Crippen LogP contribution >= 0.6 is 0 Å². The summed E-state index contributed by atoms with van der Waals surface area (Å²) >= 11 is 0. The van der Waals surface area contributed by atoms with E-state index in [1.54, 1.807) is 6.08 Å². The Hall–Kier alpha value is -2.14. The first-order valence-electron chi connectivity index (χ1n) is 8.80. The quantitative estimate of drug-likeness (QED) is 0.451. The van der Waals surface area contributed by atoms with Crippen LogP contribution in [0.5, 0.6) is 0 Å². The van der Waals surface area contributed by atoms with Gasteiger partial charge in [-0.25, -0.2) is 0 Å². The fraction of sp³-hybridized carbons (Fsp3) is 0.500. The molecule has 5 heteroatoms. The molecule has 0 aliphatic carbocycles. The first kappa shape index (κ1) is 19.2. The third-order valence-corrected chi connectivity index (χ3v) is 4.44. The minimum absolute atomic E-state index is 0.248. The van der Waals surface area contributed by atoms with Crippen LogP contribution in [0.2, 0.25) is 0 Å². The van der Waals surface area contributed by atoms with Gasteiger partial charge in [-0.05, 0) is 49.6 Å². The van der Waals surface area contributed by atoms with Crippen LogP contribution in [0.15, 0.2) is 30.2 Å². The number of hydrogen-bond donors (Lipinski definition) is 0. The number of morpholine rings is 1. The predicted octanol–water partition coefficient (Wildman–Crippen LogP) is 2.79. The van der Waals surface area contributed by atoms with E-state index < -0.39 is 0 Å². The van der Waals surface area contributed by atoms with E-state index in [2.05, 4.69) is 33.8 Å². The third kappa shape index (κ3) is 4.92. The molecule has 0 bridgehead atoms. The molecule has 2 heterocycles. The van der Waals surface area contributed by atoms with Gasteiger partial charge < -0.3 is 14.5 Å². The maximum absolute atomic E-state index is 11.2. The number of nitrogens with zero attached hydrogens (tertiary/aromatic N) is 3. The fourth-order valence-corrected chi connectivity index (χ4v) is 3.04. The zero-order valence-electron chi connectivity index (χ0n) is 16.0. The van der Waals surface area contributed by atoms with Crippen LogP contribution in [-0.4, -0.2) is 61.0 Å². The summed E-state index contributed by atoms with van der Waals surface area (Å²) in [5.74, 6) is 1.08. The summed E-state index contributed by atoms with van der Waals surface area (Å²) in [7, 11) is 4.06. The molecule has 1 aliphatic heterocycles. The topological polar surface area (TPSA) is 45.7 Å². The lowest BCUT2D eigenvalue weighted by Gasteiger charge is -2.38. The molecule has 1 saturated heterocycles. The van der Waals surface area contributed by atoms with Crippen LogP contribution in [0.1, 0.15) is 30.2 Å². The van der Waals surface area contributed by atoms with E-state index in [4.69, 9.17) is 4.74 Å². The number of carbonyl (C=O) groups is 1. The van der Waals surface area contributed by atoms with Crippen molar-refractivity contribution in [3.8, 4) is 0 Å². The highest BCUT2D eigenvalue weighted by Crippen LogP contribution is 2.24. The minimum atomic E-state index is 0.248. The highest BCUT2D eigenvalue weighted by molar-refractivity contribution is 5.87. The van der Waals surface area contributed by atoms with Crippen LogP contribution in [-0.2, 0) is 9.53 Å². The summed E-state index contributed by atoms with van der Waals surface area (Å²) in [5.41, 5.74) is 3.87. The summed E-state index contributed by atoms with van der Waals surface area (Å²) < 4.78 is 5.79. The van der Waals surface area contributed by atoms with Gasteiger partial charge in [-0.2, -0.15) is 0 Å². The second-order valence-electron chi connectivity index (χ2n) is 6.65. The van der Waals surface area contributed by atoms with Crippen LogP contribution in [0.4, 0.5) is 0 Å².